The number of alkyl halides is 3. The number of hydrogen-bond acceptors (Lipinski definition) is 5. The van der Waals surface area contributed by atoms with Gasteiger partial charge in [0.05, 0.1) is 33.9 Å². The highest BCUT2D eigenvalue weighted by atomic mass is 32.2. The summed E-state index contributed by atoms with van der Waals surface area (Å²) in [5.74, 6) is 0. The summed E-state index contributed by atoms with van der Waals surface area (Å²) in [5.41, 5.74) is -1.06. The molecule has 0 radical (unpaired) electrons. The van der Waals surface area contributed by atoms with Crippen molar-refractivity contribution in [3.05, 3.63) is 54.1 Å². The average molecular weight is 440 g/mol. The van der Waals surface area contributed by atoms with Crippen molar-refractivity contribution >= 4 is 21.4 Å². The Balaban J connectivity index is 1.85. The molecule has 1 aliphatic rings. The van der Waals surface area contributed by atoms with Gasteiger partial charge in [-0.3, -0.25) is 4.72 Å². The van der Waals surface area contributed by atoms with Crippen LogP contribution in [0.5, 0.6) is 0 Å². The van der Waals surface area contributed by atoms with E-state index in [1.807, 2.05) is 6.92 Å². The highest BCUT2D eigenvalue weighted by Crippen LogP contribution is 2.36. The summed E-state index contributed by atoms with van der Waals surface area (Å²) in [6.07, 6.45) is -1.75. The fraction of sp³-hybridized carbons (Fsp3) is 0.400. The summed E-state index contributed by atoms with van der Waals surface area (Å²) in [6, 6.07) is 10.4. The molecule has 10 heteroatoms. The van der Waals surface area contributed by atoms with E-state index in [2.05, 4.69) is 22.0 Å². The molecule has 2 atom stereocenters. The molecular weight excluding hydrogens is 417 g/mol. The minimum absolute atomic E-state index is 0.0157. The van der Waals surface area contributed by atoms with Gasteiger partial charge in [-0.05, 0) is 43.7 Å². The standard InChI is InChI=1S/C20H23F3N4O2S/c1-3-4-11-18-14(2)27(26-24-18)15-8-7-9-16(13-15)30(28,29)25-19-12-6-5-10-17(19)20(21,22)23/h5-10,12-14,18,25H,3-4,11H2,1-2H3. The molecule has 2 aromatic carbocycles. The number of sulfonamides is 1. The third-order valence-corrected chi connectivity index (χ3v) is 6.32. The van der Waals surface area contributed by atoms with Crippen molar-refractivity contribution in [2.75, 3.05) is 9.73 Å². The molecule has 2 unspecified atom stereocenters. The van der Waals surface area contributed by atoms with Crippen molar-refractivity contribution in [2.45, 2.75) is 56.3 Å². The summed E-state index contributed by atoms with van der Waals surface area (Å²) >= 11 is 0. The average Bonchev–Trinajstić information content (AvgIpc) is 3.06. The first-order chi connectivity index (χ1) is 14.1. The molecule has 0 saturated carbocycles. The molecule has 0 aromatic heterocycles. The van der Waals surface area contributed by atoms with Gasteiger partial charge in [0.25, 0.3) is 10.0 Å². The van der Waals surface area contributed by atoms with E-state index in [9.17, 15) is 21.6 Å². The smallest absolute Gasteiger partial charge is 0.279 e. The number of halogens is 3. The Bertz CT molecular complexity index is 1020. The maximum Gasteiger partial charge on any atom is 0.418 e. The molecule has 2 aromatic rings. The fourth-order valence-corrected chi connectivity index (χ4v) is 4.40. The van der Waals surface area contributed by atoms with E-state index >= 15 is 0 Å². The third-order valence-electron chi connectivity index (χ3n) is 4.96. The molecule has 0 saturated heterocycles. The molecule has 162 valence electrons. The Hall–Kier alpha value is -2.62. The lowest BCUT2D eigenvalue weighted by molar-refractivity contribution is -0.136. The summed E-state index contributed by atoms with van der Waals surface area (Å²) in [5, 5.41) is 10.1. The molecule has 0 aliphatic carbocycles. The topological polar surface area (TPSA) is 74.1 Å². The Labute approximate surface area is 173 Å². The highest BCUT2D eigenvalue weighted by Gasteiger charge is 2.34. The van der Waals surface area contributed by atoms with Gasteiger partial charge in [-0.15, -0.1) is 0 Å². The van der Waals surface area contributed by atoms with E-state index in [1.54, 1.807) is 11.1 Å². The van der Waals surface area contributed by atoms with E-state index in [0.717, 1.165) is 31.4 Å². The first kappa shape index (κ1) is 22.1. The molecule has 6 nitrogen and oxygen atoms in total. The quantitative estimate of drug-likeness (QED) is 0.605. The molecule has 1 N–H and O–H groups in total. The second-order valence-electron chi connectivity index (χ2n) is 7.15. The fourth-order valence-electron chi connectivity index (χ4n) is 3.28. The summed E-state index contributed by atoms with van der Waals surface area (Å²) < 4.78 is 67.2. The molecule has 1 heterocycles. The second kappa shape index (κ2) is 8.63. The highest BCUT2D eigenvalue weighted by molar-refractivity contribution is 7.92. The number of benzene rings is 2. The van der Waals surface area contributed by atoms with Crippen LogP contribution in [-0.2, 0) is 16.2 Å². The van der Waals surface area contributed by atoms with Crippen LogP contribution in [0.1, 0.15) is 38.7 Å². The number of anilines is 2. The molecule has 3 rings (SSSR count). The molecule has 1 aliphatic heterocycles. The van der Waals surface area contributed by atoms with Crippen molar-refractivity contribution in [2.24, 2.45) is 10.3 Å². The maximum absolute atomic E-state index is 13.2. The zero-order chi connectivity index (χ0) is 21.9. The van der Waals surface area contributed by atoms with Crippen LogP contribution in [0.25, 0.3) is 0 Å². The minimum Gasteiger partial charge on any atom is -0.279 e. The van der Waals surface area contributed by atoms with Crippen LogP contribution >= 0.6 is 0 Å². The zero-order valence-electron chi connectivity index (χ0n) is 16.6. The van der Waals surface area contributed by atoms with Gasteiger partial charge in [-0.1, -0.05) is 43.2 Å². The summed E-state index contributed by atoms with van der Waals surface area (Å²) in [4.78, 5) is -0.156. The van der Waals surface area contributed by atoms with Gasteiger partial charge in [0.15, 0.2) is 0 Å². The zero-order valence-corrected chi connectivity index (χ0v) is 17.4. The van der Waals surface area contributed by atoms with Gasteiger partial charge in [0.2, 0.25) is 0 Å². The van der Waals surface area contributed by atoms with Gasteiger partial charge in [-0.2, -0.15) is 18.3 Å². The van der Waals surface area contributed by atoms with Crippen LogP contribution in [0.15, 0.2) is 63.8 Å². The van der Waals surface area contributed by atoms with E-state index in [1.165, 1.54) is 30.3 Å². The van der Waals surface area contributed by atoms with Crippen molar-refractivity contribution in [1.82, 2.24) is 0 Å². The third kappa shape index (κ3) is 4.75. The largest absolute Gasteiger partial charge is 0.418 e. The van der Waals surface area contributed by atoms with Crippen molar-refractivity contribution in [3.63, 3.8) is 0 Å². The lowest BCUT2D eigenvalue weighted by Crippen LogP contribution is -2.31. The predicted octanol–water partition coefficient (Wildman–Crippen LogP) is 5.64. The Morgan fingerprint density at radius 1 is 1.13 bits per heavy atom. The number of unbranched alkanes of at least 4 members (excludes halogenated alkanes) is 1. The Kier molecular flexibility index (Phi) is 6.35. The van der Waals surface area contributed by atoms with E-state index in [4.69, 9.17) is 0 Å². The molecule has 0 bridgehead atoms. The molecule has 30 heavy (non-hydrogen) atoms. The number of nitrogens with one attached hydrogen (secondary N) is 1. The van der Waals surface area contributed by atoms with Gasteiger partial charge < -0.3 is 0 Å². The minimum atomic E-state index is -4.68. The van der Waals surface area contributed by atoms with Crippen LogP contribution < -0.4 is 9.73 Å². The van der Waals surface area contributed by atoms with Gasteiger partial charge in [0.1, 0.15) is 0 Å². The van der Waals surface area contributed by atoms with Crippen LogP contribution in [0.2, 0.25) is 0 Å². The Morgan fingerprint density at radius 2 is 1.87 bits per heavy atom. The predicted molar refractivity (Wildman–Crippen MR) is 109 cm³/mol. The lowest BCUT2D eigenvalue weighted by atomic mass is 10.0. The first-order valence-electron chi connectivity index (χ1n) is 9.62. The lowest BCUT2D eigenvalue weighted by Gasteiger charge is -2.22. The van der Waals surface area contributed by atoms with Crippen molar-refractivity contribution in [1.29, 1.82) is 0 Å². The SMILES string of the molecule is CCCCC1N=NN(c2cccc(S(=O)(=O)Nc3ccccc3C(F)(F)F)c2)C1C. The maximum atomic E-state index is 13.2. The number of hydrogen-bond donors (Lipinski definition) is 1. The summed E-state index contributed by atoms with van der Waals surface area (Å²) in [6.45, 7) is 4.05. The first-order valence-corrected chi connectivity index (χ1v) is 11.1. The van der Waals surface area contributed by atoms with Crippen molar-refractivity contribution < 1.29 is 21.6 Å². The summed E-state index contributed by atoms with van der Waals surface area (Å²) in [7, 11) is -4.24. The van der Waals surface area contributed by atoms with E-state index in [-0.39, 0.29) is 17.0 Å². The number of nitrogens with zero attached hydrogens (tertiary/aromatic N) is 3. The van der Waals surface area contributed by atoms with Gasteiger partial charge in [0, 0.05) is 0 Å². The molecule has 0 fully saturated rings. The van der Waals surface area contributed by atoms with Gasteiger partial charge in [-0.25, -0.2) is 13.4 Å². The normalized spacial score (nSPS) is 19.3. The monoisotopic (exact) mass is 440 g/mol. The number of rotatable bonds is 7. The van der Waals surface area contributed by atoms with E-state index < -0.39 is 27.5 Å². The van der Waals surface area contributed by atoms with Crippen LogP contribution in [0.4, 0.5) is 24.5 Å². The van der Waals surface area contributed by atoms with Crippen LogP contribution in [0, 0.1) is 0 Å². The number of para-hydroxylation sites is 1. The molecule has 0 spiro atoms. The molecular formula is C20H23F3N4O2S. The molecule has 0 amide bonds. The van der Waals surface area contributed by atoms with E-state index in [0.29, 0.717) is 5.69 Å². The van der Waals surface area contributed by atoms with Gasteiger partial charge >= 0.3 is 6.18 Å². The Morgan fingerprint density at radius 3 is 2.57 bits per heavy atom. The van der Waals surface area contributed by atoms with Crippen LogP contribution in [-0.4, -0.2) is 20.5 Å². The van der Waals surface area contributed by atoms with Crippen molar-refractivity contribution in [3.8, 4) is 0 Å². The van der Waals surface area contributed by atoms with Crippen LogP contribution in [0.3, 0.4) is 0 Å². The second-order valence-corrected chi connectivity index (χ2v) is 8.83.